The molecule has 0 saturated carbocycles. The monoisotopic (exact) mass is 755 g/mol. The van der Waals surface area contributed by atoms with Crippen LogP contribution in [0.25, 0.3) is 22.2 Å². The number of aromatic nitrogens is 5. The second kappa shape index (κ2) is 12.3. The van der Waals surface area contributed by atoms with Gasteiger partial charge in [0.1, 0.15) is 29.1 Å². The Hall–Kier alpha value is -3.37. The van der Waals surface area contributed by atoms with Crippen LogP contribution in [0, 0.1) is 3.70 Å². The topological polar surface area (TPSA) is 132 Å². The van der Waals surface area contributed by atoms with E-state index in [9.17, 15) is 4.79 Å². The number of carbonyl (C=O) groups excluding carboxylic acids is 1. The van der Waals surface area contributed by atoms with E-state index in [-0.39, 0.29) is 12.1 Å². The number of carbonyl (C=O) groups is 1. The maximum Gasteiger partial charge on any atom is 0.498 e. The Balaban J connectivity index is 1.21. The number of nitrogens with two attached hydrogens (primary N) is 1. The first kappa shape index (κ1) is 33.5. The smallest absolute Gasteiger partial charge is 0.496 e. The number of piperidine rings is 1. The van der Waals surface area contributed by atoms with Crippen molar-refractivity contribution >= 4 is 58.1 Å². The predicted molar refractivity (Wildman–Crippen MR) is 190 cm³/mol. The summed E-state index contributed by atoms with van der Waals surface area (Å²) >= 11 is 2.33. The van der Waals surface area contributed by atoms with Gasteiger partial charge in [0.15, 0.2) is 0 Å². The summed E-state index contributed by atoms with van der Waals surface area (Å²) in [5.41, 5.74) is 9.13. The third kappa shape index (κ3) is 6.31. The minimum absolute atomic E-state index is 0.173. The van der Waals surface area contributed by atoms with Gasteiger partial charge >= 0.3 is 13.2 Å². The zero-order valence-electron chi connectivity index (χ0n) is 28.3. The fourth-order valence-corrected chi connectivity index (χ4v) is 7.25. The predicted octanol–water partition coefficient (Wildman–Crippen LogP) is 5.12. The van der Waals surface area contributed by atoms with Crippen molar-refractivity contribution in [2.75, 3.05) is 25.9 Å². The average Bonchev–Trinajstić information content (AvgIpc) is 3.66. The average molecular weight is 755 g/mol. The molecule has 2 aliphatic rings. The van der Waals surface area contributed by atoms with E-state index in [0.717, 1.165) is 55.5 Å². The molecule has 2 fully saturated rings. The number of benzene rings is 1. The van der Waals surface area contributed by atoms with Gasteiger partial charge in [0.2, 0.25) is 0 Å². The molecule has 2 N–H and O–H groups in total. The number of nitrogens with zero attached hydrogens (tertiary/aromatic N) is 6. The van der Waals surface area contributed by atoms with Crippen molar-refractivity contribution in [3.8, 4) is 16.9 Å². The first-order valence-electron chi connectivity index (χ1n) is 15.9. The summed E-state index contributed by atoms with van der Waals surface area (Å²) in [6.45, 7) is 13.1. The van der Waals surface area contributed by atoms with Gasteiger partial charge in [-0.1, -0.05) is 6.07 Å². The molecule has 1 amide bonds. The van der Waals surface area contributed by atoms with Gasteiger partial charge in [-0.05, 0) is 100 Å². The van der Waals surface area contributed by atoms with Crippen LogP contribution in [0.4, 0.5) is 10.6 Å². The quantitative estimate of drug-likeness (QED) is 0.211. The molecule has 2 aliphatic heterocycles. The molecule has 5 heterocycles. The molecule has 14 heteroatoms. The van der Waals surface area contributed by atoms with E-state index in [1.165, 1.54) is 6.33 Å². The third-order valence-electron chi connectivity index (χ3n) is 9.45. The fraction of sp³-hybridized carbons (Fsp3) is 0.515. The van der Waals surface area contributed by atoms with Crippen LogP contribution in [0.3, 0.4) is 0 Å². The molecule has 1 atom stereocenters. The van der Waals surface area contributed by atoms with Crippen LogP contribution < -0.4 is 15.9 Å². The molecule has 3 aromatic heterocycles. The lowest BCUT2D eigenvalue weighted by atomic mass is 9.81. The number of hydrogen-bond acceptors (Lipinski definition) is 9. The summed E-state index contributed by atoms with van der Waals surface area (Å²) in [6, 6.07) is 6.34. The minimum Gasteiger partial charge on any atom is -0.496 e. The summed E-state index contributed by atoms with van der Waals surface area (Å²) < 4.78 is 29.8. The molecule has 250 valence electrons. The van der Waals surface area contributed by atoms with Gasteiger partial charge in [-0.2, -0.15) is 5.10 Å². The Morgan fingerprint density at radius 2 is 1.89 bits per heavy atom. The molecular formula is C33H43BIN7O5. The van der Waals surface area contributed by atoms with Gasteiger partial charge < -0.3 is 34.0 Å². The summed E-state index contributed by atoms with van der Waals surface area (Å²) in [6.07, 6.45) is 7.18. The second-order valence-electron chi connectivity index (χ2n) is 14.1. The van der Waals surface area contributed by atoms with Gasteiger partial charge in [0.25, 0.3) is 0 Å². The highest BCUT2D eigenvalue weighted by atomic mass is 127. The summed E-state index contributed by atoms with van der Waals surface area (Å²) in [5, 5.41) is 5.52. The molecule has 0 aliphatic carbocycles. The van der Waals surface area contributed by atoms with E-state index in [4.69, 9.17) is 24.5 Å². The Labute approximate surface area is 289 Å². The van der Waals surface area contributed by atoms with Crippen LogP contribution in [0.5, 0.6) is 5.75 Å². The standard InChI is InChI=1S/C33H43BIN7O5/c1-31(2,3)45-30(43)41-13-11-23(12-14-41)42-18-22(17-39-42)34-46-32(4,5)33(6,47-34)16-21-15-20(9-10-24(21)44-8)25-26-28(36)37-19-38-29(26)40(7)27(25)35/h9-10,15,17-19,23H,11-14,16H2,1-8H3,(H2,36,37,38). The van der Waals surface area contributed by atoms with Crippen molar-refractivity contribution in [2.45, 2.75) is 83.6 Å². The molecular weight excluding hydrogens is 712 g/mol. The number of fused-ring (bicyclic) bond motifs is 1. The summed E-state index contributed by atoms with van der Waals surface area (Å²) in [4.78, 5) is 23.1. The van der Waals surface area contributed by atoms with Crippen molar-refractivity contribution in [3.63, 3.8) is 0 Å². The number of methoxy groups -OCH3 is 1. The van der Waals surface area contributed by atoms with Crippen molar-refractivity contribution in [2.24, 2.45) is 7.05 Å². The molecule has 1 unspecified atom stereocenters. The molecule has 0 bridgehead atoms. The molecule has 4 aromatic rings. The molecule has 47 heavy (non-hydrogen) atoms. The Kier molecular flexibility index (Phi) is 8.75. The van der Waals surface area contributed by atoms with E-state index in [1.54, 1.807) is 12.0 Å². The van der Waals surface area contributed by atoms with Crippen molar-refractivity contribution in [1.29, 1.82) is 0 Å². The largest absolute Gasteiger partial charge is 0.498 e. The van der Waals surface area contributed by atoms with Crippen LogP contribution in [0.2, 0.25) is 0 Å². The van der Waals surface area contributed by atoms with Gasteiger partial charge in [-0.15, -0.1) is 0 Å². The highest BCUT2D eigenvalue weighted by Gasteiger charge is 2.55. The highest BCUT2D eigenvalue weighted by molar-refractivity contribution is 14.1. The Bertz CT molecular complexity index is 1810. The second-order valence-corrected chi connectivity index (χ2v) is 15.2. The lowest BCUT2D eigenvalue weighted by Gasteiger charge is -2.37. The lowest BCUT2D eigenvalue weighted by molar-refractivity contribution is -0.00909. The van der Waals surface area contributed by atoms with Gasteiger partial charge in [0.05, 0.1) is 33.4 Å². The number of aryl methyl sites for hydroxylation is 1. The number of hydrogen-bond donors (Lipinski definition) is 1. The van der Waals surface area contributed by atoms with E-state index in [0.29, 0.717) is 25.3 Å². The number of halogens is 1. The minimum atomic E-state index is -0.696. The van der Waals surface area contributed by atoms with Gasteiger partial charge in [-0.25, -0.2) is 14.8 Å². The van der Waals surface area contributed by atoms with Crippen molar-refractivity contribution < 1.29 is 23.6 Å². The number of rotatable bonds is 6. The first-order valence-corrected chi connectivity index (χ1v) is 17.0. The van der Waals surface area contributed by atoms with Crippen LogP contribution in [0.15, 0.2) is 36.9 Å². The van der Waals surface area contributed by atoms with E-state index in [2.05, 4.69) is 64.5 Å². The maximum absolute atomic E-state index is 12.5. The fourth-order valence-electron chi connectivity index (χ4n) is 6.45. The van der Waals surface area contributed by atoms with E-state index >= 15 is 0 Å². The normalized spacial score (nSPS) is 20.3. The van der Waals surface area contributed by atoms with Gasteiger partial charge in [-0.3, -0.25) is 4.68 Å². The van der Waals surface area contributed by atoms with Gasteiger partial charge in [0, 0.05) is 50.0 Å². The Morgan fingerprint density at radius 3 is 2.57 bits per heavy atom. The number of anilines is 1. The maximum atomic E-state index is 12.5. The molecule has 12 nitrogen and oxygen atoms in total. The van der Waals surface area contributed by atoms with Crippen LogP contribution in [-0.4, -0.2) is 79.4 Å². The van der Waals surface area contributed by atoms with Crippen molar-refractivity contribution in [1.82, 2.24) is 29.2 Å². The highest BCUT2D eigenvalue weighted by Crippen LogP contribution is 2.43. The SMILES string of the molecule is COc1ccc(-c2c(I)n(C)c3ncnc(N)c23)cc1CC1(C)OB(c2cnn(C3CCN(C(=O)OC(C)(C)C)CC3)c2)OC1(C)C. The first-order chi connectivity index (χ1) is 22.1. The Morgan fingerprint density at radius 1 is 1.17 bits per heavy atom. The summed E-state index contributed by atoms with van der Waals surface area (Å²) in [7, 11) is 3.07. The third-order valence-corrected chi connectivity index (χ3v) is 10.7. The van der Waals surface area contributed by atoms with Crippen LogP contribution in [0.1, 0.15) is 66.0 Å². The molecule has 6 rings (SSSR count). The zero-order valence-corrected chi connectivity index (χ0v) is 30.5. The summed E-state index contributed by atoms with van der Waals surface area (Å²) in [5.74, 6) is 1.21. The van der Waals surface area contributed by atoms with Crippen LogP contribution in [-0.2, 0) is 27.5 Å². The van der Waals surface area contributed by atoms with E-state index in [1.807, 2.05) is 61.6 Å². The van der Waals surface area contributed by atoms with E-state index < -0.39 is 23.9 Å². The van der Waals surface area contributed by atoms with Crippen LogP contribution >= 0.6 is 22.6 Å². The number of ether oxygens (including phenoxy) is 2. The lowest BCUT2D eigenvalue weighted by Crippen LogP contribution is -2.46. The molecule has 0 radical (unpaired) electrons. The molecule has 1 aromatic carbocycles. The molecule has 0 spiro atoms. The number of amides is 1. The molecule has 2 saturated heterocycles. The van der Waals surface area contributed by atoms with Crippen molar-refractivity contribution in [3.05, 3.63) is 46.2 Å². The zero-order chi connectivity index (χ0) is 33.9. The number of nitrogen functional groups attached to an aromatic ring is 1. The number of likely N-dealkylation sites (tertiary alicyclic amines) is 1.